The van der Waals surface area contributed by atoms with Gasteiger partial charge in [0.2, 0.25) is 0 Å². The first-order valence-electron chi connectivity index (χ1n) is 8.07. The van der Waals surface area contributed by atoms with E-state index in [2.05, 4.69) is 18.3 Å². The number of anilines is 1. The molecule has 0 atom stereocenters. The normalized spacial score (nSPS) is 10.5. The third kappa shape index (κ3) is 4.52. The minimum Gasteiger partial charge on any atom is -0.488 e. The number of rotatable bonds is 6. The van der Waals surface area contributed by atoms with Crippen LogP contribution < -0.4 is 10.1 Å². The summed E-state index contributed by atoms with van der Waals surface area (Å²) >= 11 is 6.13. The number of para-hydroxylation sites is 1. The van der Waals surface area contributed by atoms with Crippen LogP contribution >= 0.6 is 11.6 Å². The Labute approximate surface area is 152 Å². The van der Waals surface area contributed by atoms with Gasteiger partial charge < -0.3 is 10.1 Å². The molecule has 0 saturated heterocycles. The van der Waals surface area contributed by atoms with E-state index >= 15 is 0 Å². The molecule has 0 aliphatic carbocycles. The molecule has 3 aromatic carbocycles. The van der Waals surface area contributed by atoms with Crippen LogP contribution in [0.25, 0.3) is 0 Å². The highest BCUT2D eigenvalue weighted by Crippen LogP contribution is 2.26. The van der Waals surface area contributed by atoms with Gasteiger partial charge in [0.15, 0.2) is 0 Å². The van der Waals surface area contributed by atoms with E-state index in [0.717, 1.165) is 11.3 Å². The van der Waals surface area contributed by atoms with Crippen LogP contribution in [0.1, 0.15) is 16.7 Å². The summed E-state index contributed by atoms with van der Waals surface area (Å²) in [5.74, 6) is 0.421. The lowest BCUT2D eigenvalue weighted by atomic mass is 10.1. The van der Waals surface area contributed by atoms with Crippen LogP contribution in [0.3, 0.4) is 0 Å². The Kier molecular flexibility index (Phi) is 5.56. The number of hydrogen-bond acceptors (Lipinski definition) is 2. The third-order valence-electron chi connectivity index (χ3n) is 3.98. The lowest BCUT2D eigenvalue weighted by molar-refractivity contribution is 0.297. The van der Waals surface area contributed by atoms with Crippen molar-refractivity contribution in [2.45, 2.75) is 20.1 Å². The highest BCUT2D eigenvalue weighted by Gasteiger charge is 2.08. The first kappa shape index (κ1) is 17.3. The van der Waals surface area contributed by atoms with Gasteiger partial charge >= 0.3 is 0 Å². The lowest BCUT2D eigenvalue weighted by Crippen LogP contribution is -2.05. The highest BCUT2D eigenvalue weighted by atomic mass is 35.5. The van der Waals surface area contributed by atoms with Crippen LogP contribution in [-0.4, -0.2) is 0 Å². The quantitative estimate of drug-likeness (QED) is 0.587. The van der Waals surface area contributed by atoms with Gasteiger partial charge in [-0.05, 0) is 42.8 Å². The molecule has 0 fully saturated rings. The molecule has 0 saturated carbocycles. The fourth-order valence-corrected chi connectivity index (χ4v) is 2.75. The van der Waals surface area contributed by atoms with Crippen molar-refractivity contribution in [2.24, 2.45) is 0 Å². The molecular weight excluding hydrogens is 337 g/mol. The molecule has 0 radical (unpaired) electrons. The van der Waals surface area contributed by atoms with Crippen molar-refractivity contribution in [3.8, 4) is 5.75 Å². The molecule has 0 unspecified atom stereocenters. The standard InChI is InChI=1S/C21H19ClFNO/c1-15-6-2-5-9-20(15)24-13-17-12-18(22)10-11-21(17)25-14-16-7-3-4-8-19(16)23/h2-12,24H,13-14H2,1H3. The molecule has 3 aromatic rings. The predicted molar refractivity (Wildman–Crippen MR) is 101 cm³/mol. The molecule has 0 amide bonds. The second-order valence-electron chi connectivity index (χ2n) is 5.80. The van der Waals surface area contributed by atoms with Gasteiger partial charge in [0.1, 0.15) is 18.2 Å². The summed E-state index contributed by atoms with van der Waals surface area (Å²) in [5.41, 5.74) is 3.67. The fraction of sp³-hybridized carbons (Fsp3) is 0.143. The predicted octanol–water partition coefficient (Wildman–Crippen LogP) is 5.98. The Morgan fingerprint density at radius 3 is 2.52 bits per heavy atom. The molecule has 0 spiro atoms. The first-order valence-corrected chi connectivity index (χ1v) is 8.45. The van der Waals surface area contributed by atoms with E-state index in [9.17, 15) is 4.39 Å². The second kappa shape index (κ2) is 8.04. The summed E-state index contributed by atoms with van der Waals surface area (Å²) in [5, 5.41) is 4.03. The third-order valence-corrected chi connectivity index (χ3v) is 4.21. The Balaban J connectivity index is 1.74. The zero-order valence-corrected chi connectivity index (χ0v) is 14.7. The van der Waals surface area contributed by atoms with Gasteiger partial charge in [0, 0.05) is 28.4 Å². The summed E-state index contributed by atoms with van der Waals surface area (Å²) in [6, 6.07) is 20.1. The fourth-order valence-electron chi connectivity index (χ4n) is 2.56. The number of halogens is 2. The maximum atomic E-state index is 13.8. The smallest absolute Gasteiger partial charge is 0.129 e. The monoisotopic (exact) mass is 355 g/mol. The summed E-state index contributed by atoms with van der Waals surface area (Å²) in [7, 11) is 0. The molecule has 1 N–H and O–H groups in total. The molecule has 2 nitrogen and oxygen atoms in total. The van der Waals surface area contributed by atoms with E-state index in [1.807, 2.05) is 30.3 Å². The molecule has 0 heterocycles. The van der Waals surface area contributed by atoms with E-state index in [1.54, 1.807) is 24.3 Å². The summed E-state index contributed by atoms with van der Waals surface area (Å²) in [6.45, 7) is 2.79. The molecule has 25 heavy (non-hydrogen) atoms. The van der Waals surface area contributed by atoms with Crippen molar-refractivity contribution in [1.82, 2.24) is 0 Å². The SMILES string of the molecule is Cc1ccccc1NCc1cc(Cl)ccc1OCc1ccccc1F. The maximum absolute atomic E-state index is 13.8. The average Bonchev–Trinajstić information content (AvgIpc) is 2.61. The summed E-state index contributed by atoms with van der Waals surface area (Å²) in [4.78, 5) is 0. The van der Waals surface area contributed by atoms with Crippen molar-refractivity contribution < 1.29 is 9.13 Å². The van der Waals surface area contributed by atoms with E-state index in [1.165, 1.54) is 11.6 Å². The average molecular weight is 356 g/mol. The minimum absolute atomic E-state index is 0.172. The van der Waals surface area contributed by atoms with Crippen LogP contribution in [0.2, 0.25) is 5.02 Å². The number of aryl methyl sites for hydroxylation is 1. The van der Waals surface area contributed by atoms with Gasteiger partial charge in [0.05, 0.1) is 0 Å². The first-order chi connectivity index (χ1) is 12.1. The Morgan fingerprint density at radius 2 is 1.72 bits per heavy atom. The van der Waals surface area contributed by atoms with Crippen LogP contribution in [-0.2, 0) is 13.2 Å². The molecule has 4 heteroatoms. The largest absolute Gasteiger partial charge is 0.488 e. The van der Waals surface area contributed by atoms with Crippen LogP contribution in [0.15, 0.2) is 66.7 Å². The zero-order valence-electron chi connectivity index (χ0n) is 13.9. The van der Waals surface area contributed by atoms with E-state index in [-0.39, 0.29) is 12.4 Å². The molecule has 3 rings (SSSR count). The van der Waals surface area contributed by atoms with Gasteiger partial charge in [-0.3, -0.25) is 0 Å². The van der Waals surface area contributed by atoms with Crippen molar-refractivity contribution >= 4 is 17.3 Å². The van der Waals surface area contributed by atoms with Crippen molar-refractivity contribution in [1.29, 1.82) is 0 Å². The van der Waals surface area contributed by atoms with Crippen molar-refractivity contribution in [2.75, 3.05) is 5.32 Å². The number of ether oxygens (including phenoxy) is 1. The van der Waals surface area contributed by atoms with E-state index in [4.69, 9.17) is 16.3 Å². The summed E-state index contributed by atoms with van der Waals surface area (Å²) < 4.78 is 19.6. The second-order valence-corrected chi connectivity index (χ2v) is 6.24. The van der Waals surface area contributed by atoms with E-state index in [0.29, 0.717) is 22.9 Å². The van der Waals surface area contributed by atoms with Crippen molar-refractivity contribution in [3.05, 3.63) is 94.3 Å². The molecule has 128 valence electrons. The van der Waals surface area contributed by atoms with Gasteiger partial charge in [-0.25, -0.2) is 4.39 Å². The Bertz CT molecular complexity index is 866. The maximum Gasteiger partial charge on any atom is 0.129 e. The van der Waals surface area contributed by atoms with E-state index < -0.39 is 0 Å². The van der Waals surface area contributed by atoms with Crippen LogP contribution in [0.5, 0.6) is 5.75 Å². The van der Waals surface area contributed by atoms with Gasteiger partial charge in [-0.15, -0.1) is 0 Å². The number of nitrogens with one attached hydrogen (secondary N) is 1. The summed E-state index contributed by atoms with van der Waals surface area (Å²) in [6.07, 6.45) is 0. The van der Waals surface area contributed by atoms with Crippen LogP contribution in [0.4, 0.5) is 10.1 Å². The minimum atomic E-state index is -0.268. The molecule has 0 aromatic heterocycles. The lowest BCUT2D eigenvalue weighted by Gasteiger charge is -2.15. The van der Waals surface area contributed by atoms with Crippen LogP contribution in [0, 0.1) is 12.7 Å². The van der Waals surface area contributed by atoms with Gasteiger partial charge in [-0.2, -0.15) is 0 Å². The molecule has 0 bridgehead atoms. The molecule has 0 aliphatic rings. The molecular formula is C21H19ClFNO. The van der Waals surface area contributed by atoms with Gasteiger partial charge in [0.25, 0.3) is 0 Å². The Morgan fingerprint density at radius 1 is 0.960 bits per heavy atom. The van der Waals surface area contributed by atoms with Crippen molar-refractivity contribution in [3.63, 3.8) is 0 Å². The zero-order chi connectivity index (χ0) is 17.6. The topological polar surface area (TPSA) is 21.3 Å². The molecule has 0 aliphatic heterocycles. The highest BCUT2D eigenvalue weighted by molar-refractivity contribution is 6.30. The Hall–Kier alpha value is -2.52. The number of benzene rings is 3. The number of hydrogen-bond donors (Lipinski definition) is 1. The van der Waals surface area contributed by atoms with Gasteiger partial charge in [-0.1, -0.05) is 48.0 Å².